The van der Waals surface area contributed by atoms with E-state index >= 15 is 0 Å². The van der Waals surface area contributed by atoms with Crippen molar-refractivity contribution in [2.45, 2.75) is 20.0 Å². The molecule has 0 aliphatic carbocycles. The van der Waals surface area contributed by atoms with Crippen molar-refractivity contribution < 1.29 is 9.53 Å². The highest BCUT2D eigenvalue weighted by Gasteiger charge is 2.17. The topological polar surface area (TPSA) is 79.9 Å². The molecule has 0 fully saturated rings. The number of nitrogens with one attached hydrogen (secondary N) is 2. The lowest BCUT2D eigenvalue weighted by molar-refractivity contribution is -0.122. The second-order valence-corrected chi connectivity index (χ2v) is 5.44. The highest BCUT2D eigenvalue weighted by Crippen LogP contribution is 2.17. The lowest BCUT2D eigenvalue weighted by Crippen LogP contribution is -2.30. The van der Waals surface area contributed by atoms with Crippen LogP contribution in [0.5, 0.6) is 5.75 Å². The number of hydrogen-bond donors (Lipinski definition) is 2. The Bertz CT molecular complexity index is 830. The molecular weight excluding hydrogens is 304 g/mol. The third kappa shape index (κ3) is 3.78. The van der Waals surface area contributed by atoms with Crippen LogP contribution in [0.1, 0.15) is 12.5 Å². The van der Waals surface area contributed by atoms with E-state index < -0.39 is 6.10 Å². The van der Waals surface area contributed by atoms with Crippen LogP contribution in [0.2, 0.25) is 0 Å². The average molecular weight is 322 g/mol. The maximum atomic E-state index is 12.2. The Morgan fingerprint density at radius 3 is 2.71 bits per heavy atom. The summed E-state index contributed by atoms with van der Waals surface area (Å²) >= 11 is 0. The molecule has 2 N–H and O–H groups in total. The van der Waals surface area contributed by atoms with E-state index in [4.69, 9.17) is 4.74 Å². The lowest BCUT2D eigenvalue weighted by Gasteiger charge is -2.13. The molecule has 0 radical (unpaired) electrons. The third-order valence-electron chi connectivity index (χ3n) is 3.44. The number of ether oxygens (including phenoxy) is 1. The molecule has 1 atom stereocenters. The maximum Gasteiger partial charge on any atom is 0.267 e. The SMILES string of the molecule is Cc1cccc(-c2nc(NC(=O)[C@H](C)Oc3ccccc3)n[nH]2)c1. The summed E-state index contributed by atoms with van der Waals surface area (Å²) in [4.78, 5) is 16.5. The fourth-order valence-electron chi connectivity index (χ4n) is 2.21. The van der Waals surface area contributed by atoms with Crippen molar-refractivity contribution in [1.82, 2.24) is 15.2 Å². The number of rotatable bonds is 5. The van der Waals surface area contributed by atoms with Gasteiger partial charge in [0.25, 0.3) is 5.91 Å². The van der Waals surface area contributed by atoms with Gasteiger partial charge in [-0.2, -0.15) is 4.98 Å². The normalized spacial score (nSPS) is 11.8. The number of nitrogens with zero attached hydrogens (tertiary/aromatic N) is 2. The van der Waals surface area contributed by atoms with Gasteiger partial charge in [0.05, 0.1) is 0 Å². The smallest absolute Gasteiger partial charge is 0.267 e. The fraction of sp³-hybridized carbons (Fsp3) is 0.167. The summed E-state index contributed by atoms with van der Waals surface area (Å²) in [5.41, 5.74) is 2.04. The Kier molecular flexibility index (Phi) is 4.56. The molecule has 0 aliphatic heterocycles. The first-order valence-corrected chi connectivity index (χ1v) is 7.64. The second-order valence-electron chi connectivity index (χ2n) is 5.44. The van der Waals surface area contributed by atoms with E-state index in [9.17, 15) is 4.79 Å². The summed E-state index contributed by atoms with van der Waals surface area (Å²) in [6.45, 7) is 3.68. The van der Waals surface area contributed by atoms with E-state index in [1.54, 1.807) is 19.1 Å². The molecule has 2 aromatic carbocycles. The van der Waals surface area contributed by atoms with Gasteiger partial charge in [-0.3, -0.25) is 15.2 Å². The number of carbonyl (C=O) groups is 1. The van der Waals surface area contributed by atoms with Crippen LogP contribution in [0, 0.1) is 6.92 Å². The van der Waals surface area contributed by atoms with Gasteiger partial charge in [-0.15, -0.1) is 5.10 Å². The second kappa shape index (κ2) is 6.95. The number of anilines is 1. The average Bonchev–Trinajstić information content (AvgIpc) is 3.04. The van der Waals surface area contributed by atoms with Crippen LogP contribution in [-0.4, -0.2) is 27.2 Å². The monoisotopic (exact) mass is 322 g/mol. The van der Waals surface area contributed by atoms with Crippen LogP contribution < -0.4 is 10.1 Å². The highest BCUT2D eigenvalue weighted by atomic mass is 16.5. The van der Waals surface area contributed by atoms with Crippen LogP contribution in [0.3, 0.4) is 0 Å². The van der Waals surface area contributed by atoms with Crippen LogP contribution in [0.15, 0.2) is 54.6 Å². The first kappa shape index (κ1) is 15.7. The van der Waals surface area contributed by atoms with Gasteiger partial charge in [0.2, 0.25) is 5.95 Å². The van der Waals surface area contributed by atoms with E-state index in [0.29, 0.717) is 11.6 Å². The number of para-hydroxylation sites is 1. The number of aryl methyl sites for hydroxylation is 1. The molecule has 1 aromatic heterocycles. The van der Waals surface area contributed by atoms with Gasteiger partial charge in [-0.25, -0.2) is 0 Å². The molecule has 6 heteroatoms. The number of amides is 1. The molecule has 0 saturated heterocycles. The van der Waals surface area contributed by atoms with Crippen molar-refractivity contribution >= 4 is 11.9 Å². The van der Waals surface area contributed by atoms with Crippen molar-refractivity contribution in [2.24, 2.45) is 0 Å². The van der Waals surface area contributed by atoms with E-state index in [2.05, 4.69) is 20.5 Å². The summed E-state index contributed by atoms with van der Waals surface area (Å²) in [7, 11) is 0. The predicted octanol–water partition coefficient (Wildman–Crippen LogP) is 3.19. The zero-order chi connectivity index (χ0) is 16.9. The molecular formula is C18H18N4O2. The predicted molar refractivity (Wildman–Crippen MR) is 91.7 cm³/mol. The largest absolute Gasteiger partial charge is 0.481 e. The van der Waals surface area contributed by atoms with Crippen LogP contribution in [0.25, 0.3) is 11.4 Å². The number of aromatic amines is 1. The van der Waals surface area contributed by atoms with Crippen molar-refractivity contribution in [1.29, 1.82) is 0 Å². The van der Waals surface area contributed by atoms with Gasteiger partial charge in [-0.1, -0.05) is 42.0 Å². The molecule has 0 aliphatic rings. The number of benzene rings is 2. The fourth-order valence-corrected chi connectivity index (χ4v) is 2.21. The Labute approximate surface area is 139 Å². The summed E-state index contributed by atoms with van der Waals surface area (Å²) in [6, 6.07) is 17.1. The van der Waals surface area contributed by atoms with Crippen molar-refractivity contribution in [3.63, 3.8) is 0 Å². The van der Waals surface area contributed by atoms with E-state index in [1.165, 1.54) is 0 Å². The molecule has 1 amide bonds. The highest BCUT2D eigenvalue weighted by molar-refractivity contribution is 5.92. The molecule has 0 spiro atoms. The van der Waals surface area contributed by atoms with Crippen LogP contribution in [0.4, 0.5) is 5.95 Å². The molecule has 3 rings (SSSR count). The molecule has 1 heterocycles. The van der Waals surface area contributed by atoms with Crippen molar-refractivity contribution in [3.8, 4) is 17.1 Å². The first-order chi connectivity index (χ1) is 11.6. The number of aromatic nitrogens is 3. The third-order valence-corrected chi connectivity index (χ3v) is 3.44. The summed E-state index contributed by atoms with van der Waals surface area (Å²) in [6.07, 6.45) is -0.659. The van der Waals surface area contributed by atoms with Gasteiger partial charge in [0, 0.05) is 5.56 Å². The van der Waals surface area contributed by atoms with Crippen molar-refractivity contribution in [3.05, 3.63) is 60.2 Å². The Hall–Kier alpha value is -3.15. The minimum absolute atomic E-state index is 0.222. The van der Waals surface area contributed by atoms with Gasteiger partial charge >= 0.3 is 0 Å². The molecule has 0 bridgehead atoms. The standard InChI is InChI=1S/C18H18N4O2/c1-12-7-6-8-14(11-12)16-19-18(22-21-16)20-17(23)13(2)24-15-9-4-3-5-10-15/h3-11,13H,1-2H3,(H2,19,20,21,22,23)/t13-/m0/s1. The zero-order valence-corrected chi connectivity index (χ0v) is 13.5. The molecule has 6 nitrogen and oxygen atoms in total. The molecule has 122 valence electrons. The van der Waals surface area contributed by atoms with E-state index in [1.807, 2.05) is 49.4 Å². The Balaban J connectivity index is 1.65. The maximum absolute atomic E-state index is 12.2. The summed E-state index contributed by atoms with van der Waals surface area (Å²) in [5, 5.41) is 9.50. The van der Waals surface area contributed by atoms with Crippen LogP contribution >= 0.6 is 0 Å². The number of H-pyrrole nitrogens is 1. The summed E-state index contributed by atoms with van der Waals surface area (Å²) in [5.74, 6) is 1.15. The van der Waals surface area contributed by atoms with Crippen LogP contribution in [-0.2, 0) is 4.79 Å². The number of carbonyl (C=O) groups excluding carboxylic acids is 1. The van der Waals surface area contributed by atoms with Gasteiger partial charge in [0.15, 0.2) is 11.9 Å². The minimum atomic E-state index is -0.659. The van der Waals surface area contributed by atoms with E-state index in [-0.39, 0.29) is 11.9 Å². The Morgan fingerprint density at radius 2 is 1.96 bits per heavy atom. The quantitative estimate of drug-likeness (QED) is 0.756. The molecule has 0 saturated carbocycles. The minimum Gasteiger partial charge on any atom is -0.481 e. The lowest BCUT2D eigenvalue weighted by atomic mass is 10.1. The van der Waals surface area contributed by atoms with Crippen molar-refractivity contribution in [2.75, 3.05) is 5.32 Å². The zero-order valence-electron chi connectivity index (χ0n) is 13.5. The van der Waals surface area contributed by atoms with Gasteiger partial charge in [-0.05, 0) is 32.0 Å². The first-order valence-electron chi connectivity index (χ1n) is 7.64. The number of hydrogen-bond acceptors (Lipinski definition) is 4. The molecule has 3 aromatic rings. The van der Waals surface area contributed by atoms with Gasteiger partial charge < -0.3 is 4.74 Å². The summed E-state index contributed by atoms with van der Waals surface area (Å²) < 4.78 is 5.58. The molecule has 0 unspecified atom stereocenters. The molecule has 24 heavy (non-hydrogen) atoms. The Morgan fingerprint density at radius 1 is 1.17 bits per heavy atom. The van der Waals surface area contributed by atoms with E-state index in [0.717, 1.165) is 11.1 Å². The van der Waals surface area contributed by atoms with Gasteiger partial charge in [0.1, 0.15) is 5.75 Å².